The van der Waals surface area contributed by atoms with Crippen molar-refractivity contribution in [2.24, 2.45) is 0 Å². The summed E-state index contributed by atoms with van der Waals surface area (Å²) in [7, 11) is -3.42. The summed E-state index contributed by atoms with van der Waals surface area (Å²) >= 11 is 6.49. The summed E-state index contributed by atoms with van der Waals surface area (Å²) in [5.41, 5.74) is 1.91. The molecule has 14 heteroatoms. The van der Waals surface area contributed by atoms with Crippen molar-refractivity contribution in [1.82, 2.24) is 14.7 Å². The second-order valence-corrected chi connectivity index (χ2v) is 12.4. The number of halogens is 5. The molecule has 0 radical (unpaired) electrons. The van der Waals surface area contributed by atoms with Gasteiger partial charge in [-0.15, -0.1) is 12.1 Å². The Hall–Kier alpha value is -1.65. The van der Waals surface area contributed by atoms with Crippen molar-refractivity contribution in [2.45, 2.75) is 25.8 Å². The third-order valence-electron chi connectivity index (χ3n) is 5.31. The molecule has 2 aromatic heterocycles. The van der Waals surface area contributed by atoms with Crippen LogP contribution in [0.15, 0.2) is 94.4 Å². The van der Waals surface area contributed by atoms with Crippen LogP contribution >= 0.6 is 31.9 Å². The second-order valence-electron chi connectivity index (χ2n) is 8.53. The van der Waals surface area contributed by atoms with Gasteiger partial charge in [-0.1, -0.05) is 12.1 Å². The van der Waals surface area contributed by atoms with E-state index in [1.165, 1.54) is 55.4 Å². The summed E-state index contributed by atoms with van der Waals surface area (Å²) in [6, 6.07) is 17.1. The number of sulfonamides is 1. The number of ether oxygens (including phenoxy) is 1. The van der Waals surface area contributed by atoms with E-state index < -0.39 is 16.1 Å². The van der Waals surface area contributed by atoms with E-state index >= 15 is 0 Å². The molecule has 1 aliphatic rings. The standard InChI is InChI=1S/C14H14BrFN2O2S.C6H4BrNO.C6H4F.C4H8O.BrH.Mg/c1-2-21(19,20)18-14(10-3-5-13(16)6-4-10)11-7-12(15)9-17-8-11;7-6-1-5(4-9)2-8-3-6;7-6-4-2-1-3-5-6;1-2-4-5-3-1;;/h3-9,14,18H,2H2,1H3;1-4H;2-5H;1-4H2;1H;/q;;-1;;;+2/p-1. The van der Waals surface area contributed by atoms with Crippen molar-refractivity contribution in [3.05, 3.63) is 129 Å². The molecule has 1 saturated heterocycles. The van der Waals surface area contributed by atoms with Gasteiger partial charge in [0.2, 0.25) is 10.0 Å². The van der Waals surface area contributed by atoms with Crippen molar-refractivity contribution in [2.75, 3.05) is 19.0 Å². The van der Waals surface area contributed by atoms with Gasteiger partial charge in [-0.05, 0) is 87.0 Å². The molecule has 3 heterocycles. The van der Waals surface area contributed by atoms with Crippen LogP contribution in [0.1, 0.15) is 47.3 Å². The van der Waals surface area contributed by atoms with Crippen molar-refractivity contribution < 1.29 is 43.7 Å². The smallest absolute Gasteiger partial charge is 1.00 e. The van der Waals surface area contributed by atoms with Crippen LogP contribution in [0.3, 0.4) is 0 Å². The van der Waals surface area contributed by atoms with Crippen molar-refractivity contribution >= 4 is 71.2 Å². The molecule has 4 aromatic rings. The Labute approximate surface area is 300 Å². The normalized spacial score (nSPS) is 12.2. The van der Waals surface area contributed by atoms with Crippen LogP contribution in [0, 0.1) is 17.7 Å². The molecule has 0 bridgehead atoms. The van der Waals surface area contributed by atoms with Crippen LogP contribution in [-0.4, -0.2) is 66.7 Å². The number of pyridine rings is 2. The Kier molecular flexibility index (Phi) is 22.8. The fourth-order valence-corrected chi connectivity index (χ4v) is 4.77. The maximum absolute atomic E-state index is 13.1. The zero-order valence-corrected chi connectivity index (χ0v) is 30.8. The molecule has 2 aromatic carbocycles. The fourth-order valence-electron chi connectivity index (χ4n) is 3.20. The van der Waals surface area contributed by atoms with E-state index in [1.54, 1.807) is 49.8 Å². The summed E-state index contributed by atoms with van der Waals surface area (Å²) in [5, 5.41) is 0. The van der Waals surface area contributed by atoms with Crippen LogP contribution in [0.2, 0.25) is 0 Å². The molecule has 44 heavy (non-hydrogen) atoms. The first kappa shape index (κ1) is 42.3. The first-order chi connectivity index (χ1) is 20.1. The van der Waals surface area contributed by atoms with Gasteiger partial charge in [-0.2, -0.15) is 18.2 Å². The predicted molar refractivity (Wildman–Crippen MR) is 171 cm³/mol. The van der Waals surface area contributed by atoms with Gasteiger partial charge in [-0.25, -0.2) is 21.9 Å². The van der Waals surface area contributed by atoms with Gasteiger partial charge in [-0.3, -0.25) is 14.8 Å². The van der Waals surface area contributed by atoms with E-state index in [0.717, 1.165) is 28.4 Å². The first-order valence-electron chi connectivity index (χ1n) is 12.7. The molecule has 0 saturated carbocycles. The summed E-state index contributed by atoms with van der Waals surface area (Å²) in [4.78, 5) is 17.9. The van der Waals surface area contributed by atoms with Gasteiger partial charge >= 0.3 is 23.1 Å². The first-order valence-corrected chi connectivity index (χ1v) is 16.0. The van der Waals surface area contributed by atoms with Crippen LogP contribution in [0.4, 0.5) is 8.78 Å². The molecule has 7 nitrogen and oxygen atoms in total. The Morgan fingerprint density at radius 3 is 1.86 bits per heavy atom. The van der Waals surface area contributed by atoms with Gasteiger partial charge in [0, 0.05) is 58.3 Å². The topological polar surface area (TPSA) is 98.3 Å². The van der Waals surface area contributed by atoms with Crippen LogP contribution < -0.4 is 21.7 Å². The number of nitrogens with one attached hydrogen (secondary N) is 1. The van der Waals surface area contributed by atoms with Gasteiger partial charge in [0.15, 0.2) is 6.29 Å². The summed E-state index contributed by atoms with van der Waals surface area (Å²) in [6.45, 7) is 3.56. The second kappa shape index (κ2) is 23.7. The van der Waals surface area contributed by atoms with E-state index in [2.05, 4.69) is 52.6 Å². The molecule has 232 valence electrons. The quantitative estimate of drug-likeness (QED) is 0.181. The number of carbonyl (C=O) groups is 1. The Morgan fingerprint density at radius 2 is 1.45 bits per heavy atom. The number of aromatic nitrogens is 2. The van der Waals surface area contributed by atoms with Gasteiger partial charge in [0.25, 0.3) is 0 Å². The molecule has 1 atom stereocenters. The number of aldehydes is 1. The molecule has 1 aliphatic heterocycles. The third-order valence-corrected chi connectivity index (χ3v) is 7.53. The average Bonchev–Trinajstić information content (AvgIpc) is 3.58. The predicted octanol–water partition coefficient (Wildman–Crippen LogP) is 3.71. The van der Waals surface area contributed by atoms with Crippen LogP contribution in [-0.2, 0) is 14.8 Å². The molecule has 0 amide bonds. The van der Waals surface area contributed by atoms with Crippen molar-refractivity contribution in [1.29, 1.82) is 0 Å². The average molecular weight is 831 g/mol. The Morgan fingerprint density at radius 1 is 0.909 bits per heavy atom. The maximum Gasteiger partial charge on any atom is 2.00 e. The zero-order valence-electron chi connectivity index (χ0n) is 23.8. The summed E-state index contributed by atoms with van der Waals surface area (Å²) in [5.74, 6) is -0.617. The number of nitrogens with zero attached hydrogens (tertiary/aromatic N) is 2. The maximum atomic E-state index is 13.1. The number of benzene rings is 2. The minimum atomic E-state index is -3.42. The number of carbonyl (C=O) groups excluding carboxylic acids is 1. The molecule has 5 rings (SSSR count). The number of hydrogen-bond donors (Lipinski definition) is 1. The SMILES string of the molecule is C1CCOC1.CCS(=O)(=O)NC(c1ccc(F)cc1)c1cncc(Br)c1.Fc1cc[c-]cc1.O=Cc1cncc(Br)c1.[Br-].[Mg+2]. The minimum absolute atomic E-state index is 0. The van der Waals surface area contributed by atoms with E-state index in [1.807, 2.05) is 0 Å². The largest absolute Gasteiger partial charge is 2.00 e. The molecule has 0 spiro atoms. The summed E-state index contributed by atoms with van der Waals surface area (Å²) < 4.78 is 57.9. The molecular formula is C30H30Br3F2MgN3O4S. The van der Waals surface area contributed by atoms with Crippen LogP contribution in [0.5, 0.6) is 0 Å². The van der Waals surface area contributed by atoms with E-state index in [0.29, 0.717) is 16.7 Å². The molecule has 1 N–H and O–H groups in total. The van der Waals surface area contributed by atoms with E-state index in [-0.39, 0.29) is 57.4 Å². The summed E-state index contributed by atoms with van der Waals surface area (Å²) in [6.07, 6.45) is 9.65. The van der Waals surface area contributed by atoms with Crippen LogP contribution in [0.25, 0.3) is 0 Å². The van der Waals surface area contributed by atoms with Crippen molar-refractivity contribution in [3.63, 3.8) is 0 Å². The Bertz CT molecular complexity index is 1460. The van der Waals surface area contributed by atoms with E-state index in [4.69, 9.17) is 4.74 Å². The zero-order chi connectivity index (χ0) is 30.8. The minimum Gasteiger partial charge on any atom is -1.00 e. The fraction of sp³-hybridized carbons (Fsp3) is 0.233. The number of rotatable bonds is 6. The molecule has 0 aliphatic carbocycles. The van der Waals surface area contributed by atoms with Gasteiger partial charge in [0.1, 0.15) is 5.82 Å². The van der Waals surface area contributed by atoms with Gasteiger partial charge < -0.3 is 21.7 Å². The third kappa shape index (κ3) is 17.7. The van der Waals surface area contributed by atoms with E-state index in [9.17, 15) is 22.0 Å². The molecule has 1 unspecified atom stereocenters. The van der Waals surface area contributed by atoms with Crippen molar-refractivity contribution in [3.8, 4) is 0 Å². The number of hydrogen-bond acceptors (Lipinski definition) is 6. The molecule has 1 fully saturated rings. The van der Waals surface area contributed by atoms with Gasteiger partial charge in [0.05, 0.1) is 11.8 Å². The molecular weight excluding hydrogens is 800 g/mol. The monoisotopic (exact) mass is 827 g/mol. The Balaban J connectivity index is 0.000000658.